The topological polar surface area (TPSA) is 22.2 Å². The lowest BCUT2D eigenvalue weighted by molar-refractivity contribution is 0.671. The first-order chi connectivity index (χ1) is 33.3. The molecule has 1 aliphatic heterocycles. The van der Waals surface area contributed by atoms with Crippen molar-refractivity contribution >= 4 is 55.4 Å². The van der Waals surface area contributed by atoms with Gasteiger partial charge in [-0.2, -0.15) is 0 Å². The van der Waals surface area contributed by atoms with Crippen LogP contribution in [0.3, 0.4) is 0 Å². The molecule has 0 N–H and O–H groups in total. The molecular formula is C65H53N3. The van der Waals surface area contributed by atoms with Crippen LogP contribution in [-0.4, -0.2) is 15.2 Å². The van der Waals surface area contributed by atoms with Crippen LogP contribution in [0.15, 0.2) is 210 Å². The first-order valence-electron chi connectivity index (χ1n) is 24.4. The maximum atomic E-state index is 5.99. The summed E-state index contributed by atoms with van der Waals surface area (Å²) >= 11 is 0. The quantitative estimate of drug-likeness (QED) is 0.159. The van der Waals surface area contributed by atoms with E-state index in [2.05, 4.69) is 231 Å². The Morgan fingerprint density at radius 1 is 0.500 bits per heavy atom. The van der Waals surface area contributed by atoms with Gasteiger partial charge in [0.1, 0.15) is 0 Å². The molecule has 3 aliphatic carbocycles. The number of allylic oxidation sites excluding steroid dienone is 10. The fourth-order valence-electron chi connectivity index (χ4n) is 11.6. The lowest BCUT2D eigenvalue weighted by Gasteiger charge is -2.32. The van der Waals surface area contributed by atoms with Crippen LogP contribution in [-0.2, 0) is 0 Å². The molecule has 9 aromatic rings. The molecule has 0 saturated heterocycles. The van der Waals surface area contributed by atoms with E-state index in [9.17, 15) is 0 Å². The highest BCUT2D eigenvalue weighted by Gasteiger charge is 2.32. The van der Waals surface area contributed by atoms with Gasteiger partial charge in [-0.25, -0.2) is 0 Å². The van der Waals surface area contributed by atoms with Gasteiger partial charge in [0, 0.05) is 39.1 Å². The summed E-state index contributed by atoms with van der Waals surface area (Å²) in [4.78, 5) is 5.99. The summed E-state index contributed by atoms with van der Waals surface area (Å²) in [7, 11) is 0. The number of hydrogen-bond acceptors (Lipinski definition) is 1. The van der Waals surface area contributed by atoms with E-state index < -0.39 is 0 Å². The smallest absolute Gasteiger partial charge is 0.0892 e. The minimum absolute atomic E-state index is 0.0156. The third kappa shape index (κ3) is 6.74. The average Bonchev–Trinajstić information content (AvgIpc) is 3.86. The summed E-state index contributed by atoms with van der Waals surface area (Å²) < 4.78 is 5.05. The Hall–Kier alpha value is -7.75. The molecule has 13 rings (SSSR count). The molecule has 0 bridgehead atoms. The second-order valence-corrected chi connectivity index (χ2v) is 19.7. The van der Waals surface area contributed by atoms with E-state index >= 15 is 0 Å². The molecule has 0 saturated carbocycles. The molecule has 3 heteroatoms. The molecule has 68 heavy (non-hydrogen) atoms. The number of aromatic nitrogens is 2. The lowest BCUT2D eigenvalue weighted by Crippen LogP contribution is -2.39. The van der Waals surface area contributed by atoms with Gasteiger partial charge in [-0.3, -0.25) is 4.99 Å². The molecule has 7 aromatic carbocycles. The van der Waals surface area contributed by atoms with Gasteiger partial charge in [0.05, 0.1) is 39.2 Å². The van der Waals surface area contributed by atoms with Crippen LogP contribution < -0.4 is 10.6 Å². The average molecular weight is 876 g/mol. The summed E-state index contributed by atoms with van der Waals surface area (Å²) in [5.41, 5.74) is 21.0. The van der Waals surface area contributed by atoms with E-state index in [0.717, 1.165) is 35.5 Å². The van der Waals surface area contributed by atoms with Crippen molar-refractivity contribution in [2.45, 2.75) is 53.0 Å². The third-order valence-corrected chi connectivity index (χ3v) is 15.0. The molecule has 3 nitrogen and oxygen atoms in total. The highest BCUT2D eigenvalue weighted by molar-refractivity contribution is 6.11. The van der Waals surface area contributed by atoms with Gasteiger partial charge in [-0.05, 0) is 158 Å². The molecule has 0 spiro atoms. The van der Waals surface area contributed by atoms with Crippen molar-refractivity contribution in [1.29, 1.82) is 0 Å². The molecule has 2 aromatic heterocycles. The van der Waals surface area contributed by atoms with E-state index in [1.165, 1.54) is 111 Å². The summed E-state index contributed by atoms with van der Waals surface area (Å²) in [5, 5.41) is 7.31. The van der Waals surface area contributed by atoms with Gasteiger partial charge >= 0.3 is 0 Å². The highest BCUT2D eigenvalue weighted by atomic mass is 15.0. The zero-order valence-corrected chi connectivity index (χ0v) is 39.2. The molecule has 0 radical (unpaired) electrons. The minimum Gasteiger partial charge on any atom is -0.312 e. The Kier molecular flexibility index (Phi) is 9.51. The first kappa shape index (κ1) is 40.5. The molecule has 3 heterocycles. The summed E-state index contributed by atoms with van der Waals surface area (Å²) in [5.74, 6) is 0.391. The zero-order valence-electron chi connectivity index (χ0n) is 39.2. The SMILES string of the molecule is Cc1ccc2c(c1)c1cc(C)ccc1n2C1=CC(C2=CCC(C3=CCCC=C3)C=C2)=CC2N=c3c(-n4c5ccc(C)cc5c5cc(C)ccc54)cc(-c4ccc(-c5ccccc5)cc4)cc3=CC12. The van der Waals surface area contributed by atoms with Crippen molar-refractivity contribution in [1.82, 2.24) is 9.13 Å². The predicted octanol–water partition coefficient (Wildman–Crippen LogP) is 15.1. The van der Waals surface area contributed by atoms with Gasteiger partial charge in [0.2, 0.25) is 0 Å². The summed E-state index contributed by atoms with van der Waals surface area (Å²) in [6, 6.07) is 52.2. The Labute approximate surface area is 398 Å². The van der Waals surface area contributed by atoms with Gasteiger partial charge in [0.25, 0.3) is 0 Å². The van der Waals surface area contributed by atoms with Crippen molar-refractivity contribution in [3.8, 4) is 27.9 Å². The van der Waals surface area contributed by atoms with Crippen LogP contribution in [0, 0.1) is 39.5 Å². The number of fused-ring (bicyclic) bond motifs is 8. The van der Waals surface area contributed by atoms with Crippen LogP contribution in [0.4, 0.5) is 0 Å². The van der Waals surface area contributed by atoms with Crippen LogP contribution in [0.2, 0.25) is 0 Å². The summed E-state index contributed by atoms with van der Waals surface area (Å²) in [6.45, 7) is 8.81. The van der Waals surface area contributed by atoms with E-state index in [1.54, 1.807) is 0 Å². The van der Waals surface area contributed by atoms with Crippen LogP contribution in [0.1, 0.15) is 41.5 Å². The summed E-state index contributed by atoms with van der Waals surface area (Å²) in [6.07, 6.45) is 25.1. The van der Waals surface area contributed by atoms with Crippen LogP contribution in [0.25, 0.3) is 83.3 Å². The van der Waals surface area contributed by atoms with E-state index in [1.807, 2.05) is 0 Å². The molecule has 3 unspecified atom stereocenters. The standard InChI is InChI=1S/C65H53N3/c1-40-15-27-59-53(31-40)54-32-41(2)16-28-60(54)67(59)63-38-51(49-25-21-47(22-26-49)45-13-9-6-10-14-45)37-58-57(63)36-52-35-50(48-23-19-46(20-24-48)44-11-7-5-8-12-44)39-64(65(52)66-58)68-61-29-17-42(3)33-55(61)56-34-43(4)18-30-62(56)68/h5,7-9,11-21,23-39,47,57-58H,6,10,22H2,1-4H3. The molecule has 0 fully saturated rings. The lowest BCUT2D eigenvalue weighted by atomic mass is 9.81. The number of benzene rings is 7. The Morgan fingerprint density at radius 2 is 1.07 bits per heavy atom. The van der Waals surface area contributed by atoms with Crippen LogP contribution >= 0.6 is 0 Å². The third-order valence-electron chi connectivity index (χ3n) is 15.0. The number of rotatable bonds is 6. The van der Waals surface area contributed by atoms with Crippen molar-refractivity contribution < 1.29 is 0 Å². The molecule has 4 aliphatic rings. The van der Waals surface area contributed by atoms with Gasteiger partial charge < -0.3 is 9.13 Å². The predicted molar refractivity (Wildman–Crippen MR) is 287 cm³/mol. The van der Waals surface area contributed by atoms with Gasteiger partial charge in [0.15, 0.2) is 0 Å². The fraction of sp³-hybridized carbons (Fsp3) is 0.154. The molecule has 3 atom stereocenters. The van der Waals surface area contributed by atoms with Crippen molar-refractivity contribution in [3.05, 3.63) is 238 Å². The van der Waals surface area contributed by atoms with Crippen molar-refractivity contribution in [2.75, 3.05) is 0 Å². The second kappa shape index (κ2) is 16.0. The van der Waals surface area contributed by atoms with E-state index in [4.69, 9.17) is 4.99 Å². The maximum Gasteiger partial charge on any atom is 0.0892 e. The van der Waals surface area contributed by atoms with Gasteiger partial charge in [-0.1, -0.05) is 150 Å². The van der Waals surface area contributed by atoms with E-state index in [0.29, 0.717) is 5.92 Å². The Balaban J connectivity index is 1.06. The first-order valence-corrected chi connectivity index (χ1v) is 24.4. The molecule has 0 amide bonds. The normalized spacial score (nSPS) is 18.7. The number of aryl methyl sites for hydroxylation is 4. The molecule has 328 valence electrons. The van der Waals surface area contributed by atoms with Crippen molar-refractivity contribution in [3.63, 3.8) is 0 Å². The minimum atomic E-state index is -0.135. The second-order valence-electron chi connectivity index (χ2n) is 19.7. The zero-order chi connectivity index (χ0) is 45.6. The maximum absolute atomic E-state index is 5.99. The molecular weight excluding hydrogens is 823 g/mol. The number of hydrogen-bond donors (Lipinski definition) is 0. The van der Waals surface area contributed by atoms with Crippen LogP contribution in [0.5, 0.6) is 0 Å². The Bertz CT molecular complexity index is 3790. The highest BCUT2D eigenvalue weighted by Crippen LogP contribution is 2.43. The van der Waals surface area contributed by atoms with Crippen molar-refractivity contribution in [2.24, 2.45) is 16.8 Å². The van der Waals surface area contributed by atoms with E-state index in [-0.39, 0.29) is 12.0 Å². The Morgan fingerprint density at radius 3 is 1.63 bits per heavy atom. The monoisotopic (exact) mass is 875 g/mol. The van der Waals surface area contributed by atoms with Gasteiger partial charge in [-0.15, -0.1) is 0 Å². The largest absolute Gasteiger partial charge is 0.312 e. The number of nitrogens with zero attached hydrogens (tertiary/aromatic N) is 3. The fourth-order valence-corrected chi connectivity index (χ4v) is 11.6.